The van der Waals surface area contributed by atoms with E-state index in [0.29, 0.717) is 43.4 Å². The number of ether oxygens (including phenoxy) is 3. The molecule has 1 aliphatic heterocycles. The summed E-state index contributed by atoms with van der Waals surface area (Å²) < 4.78 is 55.8. The third kappa shape index (κ3) is 7.35. The number of carbonyl (C=O) groups excluding carboxylic acids is 2. The third-order valence-electron chi connectivity index (χ3n) is 5.85. The summed E-state index contributed by atoms with van der Waals surface area (Å²) in [5.74, 6) is 0.239. The van der Waals surface area contributed by atoms with E-state index >= 15 is 0 Å². The van der Waals surface area contributed by atoms with Crippen LogP contribution in [0, 0.1) is 0 Å². The number of alkyl halides is 3. The number of nitrogens with one attached hydrogen (secondary N) is 2. The molecule has 218 valence electrons. The molecule has 0 saturated carbocycles. The number of hydrogen-bond donors (Lipinski definition) is 2. The molecule has 1 saturated heterocycles. The number of nitrogens with zero attached hydrogens (tertiary/aromatic N) is 3. The molecule has 10 nitrogen and oxygen atoms in total. The van der Waals surface area contributed by atoms with Crippen molar-refractivity contribution >= 4 is 40.8 Å². The fraction of sp³-hybridized carbons (Fsp3) is 0.333. The highest BCUT2D eigenvalue weighted by atomic mass is 35.5. The first-order valence-corrected chi connectivity index (χ1v) is 13.1. The first kappa shape index (κ1) is 29.9. The minimum absolute atomic E-state index is 0.0111. The van der Waals surface area contributed by atoms with Crippen molar-refractivity contribution < 1.29 is 37.0 Å². The zero-order valence-electron chi connectivity index (χ0n) is 22.2. The van der Waals surface area contributed by atoms with Crippen molar-refractivity contribution in [1.29, 1.82) is 0 Å². The van der Waals surface area contributed by atoms with E-state index < -0.39 is 28.8 Å². The molecule has 1 fully saturated rings. The summed E-state index contributed by atoms with van der Waals surface area (Å²) >= 11 is 5.63. The topological polar surface area (TPSA) is 115 Å². The predicted octanol–water partition coefficient (Wildman–Crippen LogP) is 5.87. The average Bonchev–Trinajstić information content (AvgIpc) is 2.94. The van der Waals surface area contributed by atoms with Crippen LogP contribution in [0.15, 0.2) is 42.5 Å². The van der Waals surface area contributed by atoms with Crippen LogP contribution in [0.2, 0.25) is 5.02 Å². The lowest BCUT2D eigenvalue weighted by Crippen LogP contribution is -2.37. The Hall–Kier alpha value is -4.10. The second-order valence-corrected chi connectivity index (χ2v) is 9.06. The molecule has 0 atom stereocenters. The van der Waals surface area contributed by atoms with Crippen molar-refractivity contribution in [3.63, 3.8) is 0 Å². The van der Waals surface area contributed by atoms with E-state index in [4.69, 9.17) is 30.8 Å². The normalized spacial score (nSPS) is 13.5. The molecular weight excluding hydrogens is 567 g/mol. The second-order valence-electron chi connectivity index (χ2n) is 8.65. The lowest BCUT2D eigenvalue weighted by molar-refractivity contribution is -0.137. The Kier molecular flexibility index (Phi) is 9.50. The Morgan fingerprint density at radius 2 is 1.66 bits per heavy atom. The number of morpholine rings is 1. The summed E-state index contributed by atoms with van der Waals surface area (Å²) in [5, 5.41) is 4.44. The maximum Gasteiger partial charge on any atom is 0.417 e. The predicted molar refractivity (Wildman–Crippen MR) is 147 cm³/mol. The van der Waals surface area contributed by atoms with Crippen LogP contribution in [0.25, 0.3) is 11.4 Å². The van der Waals surface area contributed by atoms with Gasteiger partial charge >= 0.3 is 18.2 Å². The quantitative estimate of drug-likeness (QED) is 0.312. The van der Waals surface area contributed by atoms with Gasteiger partial charge in [-0.15, -0.1) is 0 Å². The van der Waals surface area contributed by atoms with E-state index in [1.807, 2.05) is 4.90 Å². The molecule has 4 rings (SSSR count). The molecule has 0 spiro atoms. The zero-order chi connectivity index (χ0) is 29.6. The molecule has 0 radical (unpaired) electrons. The van der Waals surface area contributed by atoms with Gasteiger partial charge in [0.1, 0.15) is 0 Å². The Morgan fingerprint density at radius 3 is 2.29 bits per heavy atom. The van der Waals surface area contributed by atoms with Crippen LogP contribution in [0.4, 0.5) is 35.2 Å². The molecule has 2 heterocycles. The molecule has 3 aromatic rings. The SMILES string of the molecule is CCOC(=O)c1nc(-c2ccc(NC(=O)Nc3ccc(Cl)c(C(F)(F)F)c3)cc2)nc(N2CCOCC2)c1OCC. The zero-order valence-corrected chi connectivity index (χ0v) is 22.9. The highest BCUT2D eigenvalue weighted by molar-refractivity contribution is 6.31. The van der Waals surface area contributed by atoms with Crippen LogP contribution in [0.3, 0.4) is 0 Å². The van der Waals surface area contributed by atoms with Gasteiger partial charge in [0.2, 0.25) is 0 Å². The first-order chi connectivity index (χ1) is 19.6. The average molecular weight is 594 g/mol. The molecule has 41 heavy (non-hydrogen) atoms. The Balaban J connectivity index is 1.58. The maximum absolute atomic E-state index is 13.1. The smallest absolute Gasteiger partial charge is 0.417 e. The highest BCUT2D eigenvalue weighted by Crippen LogP contribution is 2.36. The maximum atomic E-state index is 13.1. The molecule has 2 aromatic carbocycles. The number of esters is 1. The Morgan fingerprint density at radius 1 is 1.00 bits per heavy atom. The van der Waals surface area contributed by atoms with Gasteiger partial charge in [-0.1, -0.05) is 11.6 Å². The van der Waals surface area contributed by atoms with E-state index in [9.17, 15) is 22.8 Å². The van der Waals surface area contributed by atoms with Gasteiger partial charge in [0.15, 0.2) is 23.1 Å². The summed E-state index contributed by atoms with van der Waals surface area (Å²) in [6.07, 6.45) is -4.67. The molecule has 14 heteroatoms. The van der Waals surface area contributed by atoms with Gasteiger partial charge < -0.3 is 29.7 Å². The summed E-state index contributed by atoms with van der Waals surface area (Å²) in [4.78, 5) is 36.3. The lowest BCUT2D eigenvalue weighted by Gasteiger charge is -2.29. The van der Waals surface area contributed by atoms with E-state index in [1.54, 1.807) is 38.1 Å². The van der Waals surface area contributed by atoms with Gasteiger partial charge in [-0.3, -0.25) is 0 Å². The molecule has 1 aliphatic rings. The number of aromatic nitrogens is 2. The highest BCUT2D eigenvalue weighted by Gasteiger charge is 2.33. The summed E-state index contributed by atoms with van der Waals surface area (Å²) in [6.45, 7) is 5.94. The van der Waals surface area contributed by atoms with E-state index in [-0.39, 0.29) is 36.2 Å². The monoisotopic (exact) mass is 593 g/mol. The van der Waals surface area contributed by atoms with Crippen molar-refractivity contribution in [1.82, 2.24) is 9.97 Å². The minimum Gasteiger partial charge on any atom is -0.488 e. The van der Waals surface area contributed by atoms with Crippen LogP contribution in [0.5, 0.6) is 5.75 Å². The van der Waals surface area contributed by atoms with Crippen molar-refractivity contribution in [3.8, 4) is 17.1 Å². The molecule has 0 unspecified atom stereocenters. The van der Waals surface area contributed by atoms with Crippen LogP contribution in [-0.4, -0.2) is 61.5 Å². The third-order valence-corrected chi connectivity index (χ3v) is 6.18. The van der Waals surface area contributed by atoms with Crippen LogP contribution >= 0.6 is 11.6 Å². The van der Waals surface area contributed by atoms with Gasteiger partial charge in [0, 0.05) is 30.0 Å². The number of rotatable bonds is 8. The summed E-state index contributed by atoms with van der Waals surface area (Å²) in [7, 11) is 0. The Labute approximate surface area is 238 Å². The van der Waals surface area contributed by atoms with Crippen LogP contribution in [0.1, 0.15) is 29.9 Å². The Bertz CT molecular complexity index is 1400. The largest absolute Gasteiger partial charge is 0.488 e. The van der Waals surface area contributed by atoms with E-state index in [2.05, 4.69) is 15.6 Å². The number of hydrogen-bond acceptors (Lipinski definition) is 8. The number of urea groups is 1. The fourth-order valence-corrected chi connectivity index (χ4v) is 4.21. The standard InChI is InChI=1S/C27H27ClF3N5O5/c1-3-40-22-21(25(37)41-4-2)34-23(35-24(22)36-11-13-39-14-12-36)16-5-7-17(8-6-16)32-26(38)33-18-9-10-20(28)19(15-18)27(29,30)31/h5-10,15H,3-4,11-14H2,1-2H3,(H2,32,33,38). The summed E-state index contributed by atoms with van der Waals surface area (Å²) in [6, 6.07) is 8.71. The van der Waals surface area contributed by atoms with Gasteiger partial charge in [0.05, 0.1) is 37.0 Å². The first-order valence-electron chi connectivity index (χ1n) is 12.7. The fourth-order valence-electron chi connectivity index (χ4n) is 3.99. The molecule has 2 N–H and O–H groups in total. The van der Waals surface area contributed by atoms with E-state index in [1.165, 1.54) is 6.07 Å². The van der Waals surface area contributed by atoms with Crippen LogP contribution in [-0.2, 0) is 15.7 Å². The molecule has 1 aromatic heterocycles. The van der Waals surface area contributed by atoms with E-state index in [0.717, 1.165) is 12.1 Å². The van der Waals surface area contributed by atoms with Crippen molar-refractivity contribution in [3.05, 3.63) is 58.7 Å². The summed E-state index contributed by atoms with van der Waals surface area (Å²) in [5.41, 5.74) is -0.271. The lowest BCUT2D eigenvalue weighted by atomic mass is 10.1. The van der Waals surface area contributed by atoms with Gasteiger partial charge in [-0.05, 0) is 56.3 Å². The van der Waals surface area contributed by atoms with Gasteiger partial charge in [-0.25, -0.2) is 19.6 Å². The van der Waals surface area contributed by atoms with Crippen molar-refractivity contribution in [2.75, 3.05) is 55.1 Å². The number of amides is 2. The van der Waals surface area contributed by atoms with Crippen molar-refractivity contribution in [2.24, 2.45) is 0 Å². The number of halogens is 4. The minimum atomic E-state index is -4.67. The molecule has 0 aliphatic carbocycles. The number of anilines is 3. The van der Waals surface area contributed by atoms with Gasteiger partial charge in [0.25, 0.3) is 0 Å². The molecular formula is C27H27ClF3N5O5. The van der Waals surface area contributed by atoms with Crippen LogP contribution < -0.4 is 20.3 Å². The van der Waals surface area contributed by atoms with Crippen molar-refractivity contribution in [2.45, 2.75) is 20.0 Å². The molecule has 0 bridgehead atoms. The van der Waals surface area contributed by atoms with Gasteiger partial charge in [-0.2, -0.15) is 13.2 Å². The molecule has 2 amide bonds. The number of benzene rings is 2. The second kappa shape index (κ2) is 13.0. The number of carbonyl (C=O) groups is 2.